The molecule has 0 spiro atoms. The van der Waals surface area contributed by atoms with E-state index in [0.717, 1.165) is 5.01 Å². The van der Waals surface area contributed by atoms with Crippen molar-refractivity contribution in [3.05, 3.63) is 40.6 Å². The molecule has 5 nitrogen and oxygen atoms in total. The Labute approximate surface area is 122 Å². The van der Waals surface area contributed by atoms with Gasteiger partial charge >= 0.3 is 12.5 Å². The van der Waals surface area contributed by atoms with Crippen LogP contribution in [0, 0.1) is 0 Å². The summed E-state index contributed by atoms with van der Waals surface area (Å²) in [5.74, 6) is -0.705. The Morgan fingerprint density at radius 2 is 2.05 bits per heavy atom. The Morgan fingerprint density at radius 3 is 2.60 bits per heavy atom. The predicted molar refractivity (Wildman–Crippen MR) is 72.5 cm³/mol. The first-order valence-electron chi connectivity index (χ1n) is 5.82. The standard InChI is InChI=1S/C12H12BrF2N3O2/c1-2-20-11(19)9-10(13)17(18(16-9)12(14)15)8-6-4-3-5-7-8/h3-7,12,16H,2H2,1H3. The normalized spacial score (nSPS) is 15.8. The van der Waals surface area contributed by atoms with Crippen LogP contribution < -0.4 is 10.4 Å². The van der Waals surface area contributed by atoms with Crippen molar-refractivity contribution in [2.45, 2.75) is 13.5 Å². The lowest BCUT2D eigenvalue weighted by atomic mass is 10.3. The lowest BCUT2D eigenvalue weighted by Gasteiger charge is -2.28. The van der Waals surface area contributed by atoms with Gasteiger partial charge in [-0.15, -0.1) is 0 Å². The molecule has 0 unspecified atom stereocenters. The number of carbonyl (C=O) groups is 1. The molecular formula is C12H12BrF2N3O2. The largest absolute Gasteiger partial charge is 0.461 e. The zero-order chi connectivity index (χ0) is 14.7. The number of hydrogen-bond acceptors (Lipinski definition) is 5. The third-order valence-electron chi connectivity index (χ3n) is 2.50. The monoisotopic (exact) mass is 347 g/mol. The molecular weight excluding hydrogens is 336 g/mol. The number of nitrogens with zero attached hydrogens (tertiary/aromatic N) is 2. The van der Waals surface area contributed by atoms with Gasteiger partial charge in [0.2, 0.25) is 0 Å². The number of alkyl halides is 2. The molecule has 0 atom stereocenters. The van der Waals surface area contributed by atoms with E-state index in [4.69, 9.17) is 4.74 Å². The summed E-state index contributed by atoms with van der Waals surface area (Å²) in [6, 6.07) is 8.48. The number of para-hydroxylation sites is 1. The van der Waals surface area contributed by atoms with Gasteiger partial charge < -0.3 is 4.74 Å². The summed E-state index contributed by atoms with van der Waals surface area (Å²) >= 11 is 3.15. The Bertz CT molecular complexity index is 525. The molecule has 1 aromatic carbocycles. The molecule has 20 heavy (non-hydrogen) atoms. The van der Waals surface area contributed by atoms with E-state index in [1.807, 2.05) is 0 Å². The highest BCUT2D eigenvalue weighted by atomic mass is 79.9. The van der Waals surface area contributed by atoms with Crippen LogP contribution in [0.5, 0.6) is 0 Å². The number of carbonyl (C=O) groups excluding carboxylic acids is 1. The van der Waals surface area contributed by atoms with Gasteiger partial charge in [0.15, 0.2) is 5.70 Å². The zero-order valence-electron chi connectivity index (χ0n) is 10.5. The smallest absolute Gasteiger partial charge is 0.358 e. The van der Waals surface area contributed by atoms with Crippen molar-refractivity contribution in [3.8, 4) is 0 Å². The van der Waals surface area contributed by atoms with Gasteiger partial charge in [0.1, 0.15) is 4.61 Å². The van der Waals surface area contributed by atoms with Crippen LogP contribution in [0.1, 0.15) is 6.92 Å². The number of rotatable bonds is 4. The molecule has 2 rings (SSSR count). The maximum absolute atomic E-state index is 13.1. The predicted octanol–water partition coefficient (Wildman–Crippen LogP) is 2.58. The summed E-state index contributed by atoms with van der Waals surface area (Å²) in [5, 5.41) is 1.71. The van der Waals surface area contributed by atoms with Gasteiger partial charge in [0, 0.05) is 0 Å². The van der Waals surface area contributed by atoms with Crippen LogP contribution in [-0.4, -0.2) is 24.2 Å². The van der Waals surface area contributed by atoms with Crippen molar-refractivity contribution in [2.75, 3.05) is 11.6 Å². The number of hydrogen-bond donors (Lipinski definition) is 1. The molecule has 1 aromatic rings. The van der Waals surface area contributed by atoms with Crippen molar-refractivity contribution in [3.63, 3.8) is 0 Å². The van der Waals surface area contributed by atoms with E-state index in [9.17, 15) is 13.6 Å². The van der Waals surface area contributed by atoms with E-state index in [2.05, 4.69) is 21.4 Å². The number of nitrogens with one attached hydrogen (secondary N) is 1. The van der Waals surface area contributed by atoms with Gasteiger partial charge in [-0.2, -0.15) is 8.78 Å². The van der Waals surface area contributed by atoms with Gasteiger partial charge in [-0.05, 0) is 35.0 Å². The van der Waals surface area contributed by atoms with E-state index in [1.165, 1.54) is 0 Å². The fraction of sp³-hybridized carbons (Fsp3) is 0.250. The molecule has 108 valence electrons. The molecule has 1 heterocycles. The molecule has 1 N–H and O–H groups in total. The summed E-state index contributed by atoms with van der Waals surface area (Å²) in [6.45, 7) is -1.04. The second kappa shape index (κ2) is 6.19. The Balaban J connectivity index is 2.37. The van der Waals surface area contributed by atoms with Crippen LogP contribution in [0.4, 0.5) is 14.5 Å². The number of hydrazine groups is 2. The molecule has 1 aliphatic heterocycles. The lowest BCUT2D eigenvalue weighted by molar-refractivity contribution is -0.140. The Kier molecular flexibility index (Phi) is 4.56. The van der Waals surface area contributed by atoms with Crippen LogP contribution >= 0.6 is 15.9 Å². The fourth-order valence-electron chi connectivity index (χ4n) is 1.69. The van der Waals surface area contributed by atoms with Gasteiger partial charge in [-0.25, -0.2) is 9.80 Å². The van der Waals surface area contributed by atoms with Crippen LogP contribution in [-0.2, 0) is 9.53 Å². The first kappa shape index (κ1) is 14.7. The van der Waals surface area contributed by atoms with Gasteiger partial charge in [0.25, 0.3) is 0 Å². The minimum atomic E-state index is -2.84. The van der Waals surface area contributed by atoms with Gasteiger partial charge in [-0.1, -0.05) is 23.3 Å². The molecule has 0 aromatic heterocycles. The molecule has 0 radical (unpaired) electrons. The van der Waals surface area contributed by atoms with Crippen LogP contribution in [0.2, 0.25) is 0 Å². The molecule has 0 saturated carbocycles. The van der Waals surface area contributed by atoms with Crippen molar-refractivity contribution in [2.24, 2.45) is 0 Å². The van der Waals surface area contributed by atoms with E-state index < -0.39 is 12.5 Å². The zero-order valence-corrected chi connectivity index (χ0v) is 12.1. The van der Waals surface area contributed by atoms with Crippen LogP contribution in [0.3, 0.4) is 0 Å². The van der Waals surface area contributed by atoms with E-state index in [-0.39, 0.29) is 16.9 Å². The Morgan fingerprint density at radius 1 is 1.40 bits per heavy atom. The average molecular weight is 348 g/mol. The minimum Gasteiger partial charge on any atom is -0.461 e. The molecule has 0 amide bonds. The maximum atomic E-state index is 13.1. The number of ether oxygens (including phenoxy) is 1. The quantitative estimate of drug-likeness (QED) is 0.669. The molecule has 0 fully saturated rings. The number of halogens is 3. The molecule has 0 bridgehead atoms. The SMILES string of the molecule is CCOC(=O)C1=C(Br)N(c2ccccc2)N(C(F)F)N1. The number of benzene rings is 1. The topological polar surface area (TPSA) is 44.8 Å². The summed E-state index contributed by atoms with van der Waals surface area (Å²) < 4.78 is 31.2. The van der Waals surface area contributed by atoms with Crippen LogP contribution in [0.15, 0.2) is 40.6 Å². The summed E-state index contributed by atoms with van der Waals surface area (Å²) in [4.78, 5) is 11.7. The number of esters is 1. The highest BCUT2D eigenvalue weighted by Crippen LogP contribution is 2.32. The lowest BCUT2D eigenvalue weighted by Crippen LogP contribution is -2.47. The van der Waals surface area contributed by atoms with Crippen molar-refractivity contribution < 1.29 is 18.3 Å². The second-order valence-electron chi connectivity index (χ2n) is 3.77. The number of anilines is 1. The van der Waals surface area contributed by atoms with Crippen molar-refractivity contribution >= 4 is 27.6 Å². The highest BCUT2D eigenvalue weighted by Gasteiger charge is 2.38. The van der Waals surface area contributed by atoms with Gasteiger partial charge in [0.05, 0.1) is 12.3 Å². The van der Waals surface area contributed by atoms with Crippen molar-refractivity contribution in [1.29, 1.82) is 0 Å². The average Bonchev–Trinajstić information content (AvgIpc) is 2.78. The third-order valence-corrected chi connectivity index (χ3v) is 3.23. The minimum absolute atomic E-state index is 0.0731. The first-order valence-corrected chi connectivity index (χ1v) is 6.61. The maximum Gasteiger partial charge on any atom is 0.358 e. The first-order chi connectivity index (χ1) is 9.56. The molecule has 1 aliphatic rings. The summed E-state index contributed by atoms with van der Waals surface area (Å²) in [6.07, 6.45) is 0. The second-order valence-corrected chi connectivity index (χ2v) is 4.52. The molecule has 8 heteroatoms. The molecule has 0 saturated heterocycles. The van der Waals surface area contributed by atoms with Gasteiger partial charge in [-0.3, -0.25) is 5.43 Å². The van der Waals surface area contributed by atoms with E-state index >= 15 is 0 Å². The summed E-state index contributed by atoms with van der Waals surface area (Å²) in [5.41, 5.74) is 2.75. The molecule has 0 aliphatic carbocycles. The van der Waals surface area contributed by atoms with E-state index in [0.29, 0.717) is 10.8 Å². The van der Waals surface area contributed by atoms with Crippen LogP contribution in [0.25, 0.3) is 0 Å². The third kappa shape index (κ3) is 2.75. The van der Waals surface area contributed by atoms with Crippen molar-refractivity contribution in [1.82, 2.24) is 10.5 Å². The Hall–Kier alpha value is -1.67. The highest BCUT2D eigenvalue weighted by molar-refractivity contribution is 9.11. The van der Waals surface area contributed by atoms with E-state index in [1.54, 1.807) is 37.3 Å². The summed E-state index contributed by atoms with van der Waals surface area (Å²) in [7, 11) is 0. The fourth-order valence-corrected chi connectivity index (χ4v) is 2.31.